The smallest absolute Gasteiger partial charge is 0.358 e. The summed E-state index contributed by atoms with van der Waals surface area (Å²) in [4.78, 5) is 37.5. The van der Waals surface area contributed by atoms with Crippen molar-refractivity contribution in [3.63, 3.8) is 0 Å². The van der Waals surface area contributed by atoms with Gasteiger partial charge in [0, 0.05) is 12.4 Å². The lowest BCUT2D eigenvalue weighted by molar-refractivity contribution is 0.0691. The first-order chi connectivity index (χ1) is 9.08. The van der Waals surface area contributed by atoms with Crippen LogP contribution in [0.25, 0.3) is 0 Å². The van der Waals surface area contributed by atoms with Gasteiger partial charge in [0.15, 0.2) is 11.5 Å². The van der Waals surface area contributed by atoms with Crippen molar-refractivity contribution in [3.05, 3.63) is 41.3 Å². The van der Waals surface area contributed by atoms with Gasteiger partial charge in [0.05, 0.1) is 12.4 Å². The number of nitrogens with zero attached hydrogens (tertiary/aromatic N) is 4. The summed E-state index contributed by atoms with van der Waals surface area (Å²) in [5.74, 6) is -2.17. The Balaban J connectivity index is 2.27. The van der Waals surface area contributed by atoms with Gasteiger partial charge in [0.1, 0.15) is 10.8 Å². The van der Waals surface area contributed by atoms with Crippen LogP contribution in [0.3, 0.4) is 0 Å². The van der Waals surface area contributed by atoms with Crippen LogP contribution in [-0.4, -0.2) is 36.9 Å². The van der Waals surface area contributed by atoms with E-state index in [1.165, 1.54) is 24.8 Å². The van der Waals surface area contributed by atoms with Gasteiger partial charge in [0.2, 0.25) is 0 Å². The zero-order valence-electron chi connectivity index (χ0n) is 9.24. The Labute approximate surface area is 111 Å². The van der Waals surface area contributed by atoms with Crippen molar-refractivity contribution in [1.82, 2.24) is 19.9 Å². The second-order valence-corrected chi connectivity index (χ2v) is 3.63. The minimum Gasteiger partial charge on any atom is -0.476 e. The summed E-state index contributed by atoms with van der Waals surface area (Å²) in [6, 6.07) is 0. The first kappa shape index (κ1) is 12.8. The molecule has 2 aromatic rings. The van der Waals surface area contributed by atoms with Crippen LogP contribution in [0.2, 0.25) is 5.15 Å². The molecule has 2 aromatic heterocycles. The summed E-state index contributed by atoms with van der Waals surface area (Å²) in [5.41, 5.74) is -0.430. The fourth-order valence-corrected chi connectivity index (χ4v) is 1.36. The van der Waals surface area contributed by atoms with Crippen LogP contribution in [0.5, 0.6) is 0 Å². The molecule has 96 valence electrons. The van der Waals surface area contributed by atoms with E-state index in [-0.39, 0.29) is 22.4 Å². The molecule has 0 aliphatic heterocycles. The Bertz CT molecular complexity index is 649. The highest BCUT2D eigenvalue weighted by atomic mass is 35.5. The zero-order valence-corrected chi connectivity index (χ0v) is 10.00. The molecule has 0 saturated heterocycles. The monoisotopic (exact) mass is 279 g/mol. The predicted octanol–water partition coefficient (Wildman–Crippen LogP) is 0.870. The lowest BCUT2D eigenvalue weighted by Crippen LogP contribution is -2.18. The van der Waals surface area contributed by atoms with E-state index in [9.17, 15) is 9.59 Å². The first-order valence-corrected chi connectivity index (χ1v) is 5.29. The maximum atomic E-state index is 11.8. The quantitative estimate of drug-likeness (QED) is 0.855. The number of carbonyl (C=O) groups excluding carboxylic acids is 1. The minimum atomic E-state index is -1.31. The molecule has 0 radical (unpaired) electrons. The molecule has 2 N–H and O–H groups in total. The number of carbonyl (C=O) groups is 2. The van der Waals surface area contributed by atoms with Gasteiger partial charge in [-0.15, -0.1) is 0 Å². The number of rotatable bonds is 3. The molecule has 2 rings (SSSR count). The van der Waals surface area contributed by atoms with Gasteiger partial charge in [-0.2, -0.15) is 0 Å². The van der Waals surface area contributed by atoms with Crippen molar-refractivity contribution in [2.45, 2.75) is 0 Å². The molecule has 0 aromatic carbocycles. The fraction of sp³-hybridized carbons (Fsp3) is 0. The Morgan fingerprint density at radius 2 is 1.95 bits per heavy atom. The molecule has 0 spiro atoms. The molecule has 19 heavy (non-hydrogen) atoms. The van der Waals surface area contributed by atoms with E-state index >= 15 is 0 Å². The lowest BCUT2D eigenvalue weighted by atomic mass is 10.3. The van der Waals surface area contributed by atoms with Crippen molar-refractivity contribution < 1.29 is 14.7 Å². The highest BCUT2D eigenvalue weighted by Crippen LogP contribution is 2.10. The molecule has 0 aliphatic rings. The molecule has 0 aliphatic carbocycles. The molecule has 2 heterocycles. The Morgan fingerprint density at radius 3 is 2.63 bits per heavy atom. The average molecular weight is 280 g/mol. The van der Waals surface area contributed by atoms with E-state index in [1.54, 1.807) is 0 Å². The number of amides is 1. The molecule has 8 nitrogen and oxygen atoms in total. The first-order valence-electron chi connectivity index (χ1n) is 4.91. The molecular formula is C10H6ClN5O3. The van der Waals surface area contributed by atoms with Crippen molar-refractivity contribution >= 4 is 29.3 Å². The molecule has 1 amide bonds. The maximum Gasteiger partial charge on any atom is 0.358 e. The van der Waals surface area contributed by atoms with E-state index in [1.807, 2.05) is 0 Å². The number of anilines is 1. The maximum absolute atomic E-state index is 11.8. The Hall–Kier alpha value is -2.61. The summed E-state index contributed by atoms with van der Waals surface area (Å²) < 4.78 is 0. The Morgan fingerprint density at radius 1 is 1.21 bits per heavy atom. The average Bonchev–Trinajstić information content (AvgIpc) is 2.39. The lowest BCUT2D eigenvalue weighted by Gasteiger charge is -2.05. The van der Waals surface area contributed by atoms with Crippen molar-refractivity contribution in [1.29, 1.82) is 0 Å². The van der Waals surface area contributed by atoms with Gasteiger partial charge < -0.3 is 10.4 Å². The van der Waals surface area contributed by atoms with Gasteiger partial charge in [-0.1, -0.05) is 11.6 Å². The van der Waals surface area contributed by atoms with Crippen LogP contribution in [-0.2, 0) is 0 Å². The van der Waals surface area contributed by atoms with E-state index in [0.29, 0.717) is 0 Å². The van der Waals surface area contributed by atoms with E-state index < -0.39 is 11.9 Å². The van der Waals surface area contributed by atoms with E-state index in [0.717, 1.165) is 0 Å². The third-order valence-corrected chi connectivity index (χ3v) is 2.15. The number of hydrogen-bond donors (Lipinski definition) is 2. The van der Waals surface area contributed by atoms with Gasteiger partial charge in [-0.25, -0.2) is 19.7 Å². The third-order valence-electron chi connectivity index (χ3n) is 1.97. The SMILES string of the molecule is O=C(Nc1nccnc1C(=O)O)c1cncc(Cl)n1. The predicted molar refractivity (Wildman–Crippen MR) is 64.0 cm³/mol. The second kappa shape index (κ2) is 5.36. The van der Waals surface area contributed by atoms with Gasteiger partial charge in [0.25, 0.3) is 5.91 Å². The van der Waals surface area contributed by atoms with Gasteiger partial charge in [-0.3, -0.25) is 9.78 Å². The van der Waals surface area contributed by atoms with Crippen molar-refractivity contribution in [2.75, 3.05) is 5.32 Å². The minimum absolute atomic E-state index is 0.0465. The molecule has 0 atom stereocenters. The summed E-state index contributed by atoms with van der Waals surface area (Å²) in [6.45, 7) is 0. The third kappa shape index (κ3) is 2.99. The van der Waals surface area contributed by atoms with Crippen molar-refractivity contribution in [2.24, 2.45) is 0 Å². The topological polar surface area (TPSA) is 118 Å². The second-order valence-electron chi connectivity index (χ2n) is 3.24. The van der Waals surface area contributed by atoms with E-state index in [2.05, 4.69) is 25.3 Å². The summed E-state index contributed by atoms with van der Waals surface area (Å²) in [6.07, 6.45) is 4.92. The van der Waals surface area contributed by atoms with Gasteiger partial charge in [-0.05, 0) is 0 Å². The highest BCUT2D eigenvalue weighted by molar-refractivity contribution is 6.29. The van der Waals surface area contributed by atoms with Crippen LogP contribution in [0.15, 0.2) is 24.8 Å². The number of nitrogens with one attached hydrogen (secondary N) is 1. The number of halogens is 1. The van der Waals surface area contributed by atoms with Crippen LogP contribution in [0, 0.1) is 0 Å². The fourth-order valence-electron chi connectivity index (χ4n) is 1.21. The number of aromatic nitrogens is 4. The van der Waals surface area contributed by atoms with Crippen LogP contribution in [0.4, 0.5) is 5.82 Å². The van der Waals surface area contributed by atoms with Crippen molar-refractivity contribution in [3.8, 4) is 0 Å². The largest absolute Gasteiger partial charge is 0.476 e. The number of carboxylic acids is 1. The van der Waals surface area contributed by atoms with E-state index in [4.69, 9.17) is 16.7 Å². The standard InChI is InChI=1S/C10H6ClN5O3/c11-6-4-12-3-5(15-6)9(17)16-8-7(10(18)19)13-1-2-14-8/h1-4H,(H,18,19)(H,14,16,17). The Kier molecular flexibility index (Phi) is 3.62. The number of carboxylic acid groups (broad SMARTS) is 1. The van der Waals surface area contributed by atoms with Crippen LogP contribution < -0.4 is 5.32 Å². The number of aromatic carboxylic acids is 1. The molecular weight excluding hydrogens is 274 g/mol. The normalized spacial score (nSPS) is 9.95. The summed E-state index contributed by atoms with van der Waals surface area (Å²) in [7, 11) is 0. The molecule has 0 saturated carbocycles. The van der Waals surface area contributed by atoms with Crippen LogP contribution in [0.1, 0.15) is 21.0 Å². The number of hydrogen-bond acceptors (Lipinski definition) is 6. The highest BCUT2D eigenvalue weighted by Gasteiger charge is 2.16. The molecule has 0 unspecified atom stereocenters. The zero-order chi connectivity index (χ0) is 13.8. The van der Waals surface area contributed by atoms with Gasteiger partial charge >= 0.3 is 5.97 Å². The molecule has 9 heteroatoms. The molecule has 0 bridgehead atoms. The van der Waals surface area contributed by atoms with Crippen LogP contribution >= 0.6 is 11.6 Å². The summed E-state index contributed by atoms with van der Waals surface area (Å²) in [5, 5.41) is 11.2. The summed E-state index contributed by atoms with van der Waals surface area (Å²) >= 11 is 5.60. The molecule has 0 fully saturated rings.